The number of benzene rings is 1. The topological polar surface area (TPSA) is 63.3 Å². The molecule has 0 radical (unpaired) electrons. The molecule has 1 N–H and O–H groups in total. The summed E-state index contributed by atoms with van der Waals surface area (Å²) in [6.45, 7) is 0. The van der Waals surface area contributed by atoms with Crippen LogP contribution in [0.3, 0.4) is 0 Å². The predicted molar refractivity (Wildman–Crippen MR) is 74.1 cm³/mol. The van der Waals surface area contributed by atoms with Crippen molar-refractivity contribution in [3.8, 4) is 11.3 Å². The van der Waals surface area contributed by atoms with E-state index in [4.69, 9.17) is 9.52 Å². The molecule has 0 aliphatic heterocycles. The van der Waals surface area contributed by atoms with E-state index in [9.17, 15) is 4.79 Å². The van der Waals surface area contributed by atoms with Gasteiger partial charge in [-0.1, -0.05) is 12.1 Å². The van der Waals surface area contributed by atoms with Crippen molar-refractivity contribution in [1.29, 1.82) is 0 Å². The highest BCUT2D eigenvalue weighted by Crippen LogP contribution is 2.29. The zero-order valence-electron chi connectivity index (χ0n) is 9.63. The SMILES string of the molecule is O=C(O)c1ccc(-c2cccc3cc(Br)cnc23)o1. The first-order valence-electron chi connectivity index (χ1n) is 5.53. The van der Waals surface area contributed by atoms with Crippen LogP contribution in [0.2, 0.25) is 0 Å². The first-order valence-corrected chi connectivity index (χ1v) is 6.32. The Morgan fingerprint density at radius 2 is 2.11 bits per heavy atom. The molecule has 19 heavy (non-hydrogen) atoms. The quantitative estimate of drug-likeness (QED) is 0.777. The van der Waals surface area contributed by atoms with E-state index in [0.29, 0.717) is 5.76 Å². The van der Waals surface area contributed by atoms with E-state index < -0.39 is 5.97 Å². The molecule has 0 bridgehead atoms. The lowest BCUT2D eigenvalue weighted by molar-refractivity contribution is 0.0663. The molecule has 5 heteroatoms. The number of rotatable bonds is 2. The van der Waals surface area contributed by atoms with Crippen molar-refractivity contribution in [2.75, 3.05) is 0 Å². The molecule has 0 spiro atoms. The third-order valence-corrected chi connectivity index (χ3v) is 3.19. The molecule has 2 aromatic heterocycles. The van der Waals surface area contributed by atoms with Crippen molar-refractivity contribution in [3.05, 3.63) is 52.8 Å². The maximum Gasteiger partial charge on any atom is 0.371 e. The predicted octanol–water partition coefficient (Wildman–Crippen LogP) is 3.96. The summed E-state index contributed by atoms with van der Waals surface area (Å²) in [5, 5.41) is 9.84. The third kappa shape index (κ3) is 2.13. The van der Waals surface area contributed by atoms with Gasteiger partial charge in [-0.05, 0) is 40.2 Å². The second-order valence-electron chi connectivity index (χ2n) is 4.00. The van der Waals surface area contributed by atoms with Crippen LogP contribution in [0.15, 0.2) is 51.5 Å². The van der Waals surface area contributed by atoms with Crippen molar-refractivity contribution in [2.24, 2.45) is 0 Å². The molecule has 0 aliphatic carbocycles. The van der Waals surface area contributed by atoms with Gasteiger partial charge in [0.05, 0.1) is 5.52 Å². The highest BCUT2D eigenvalue weighted by atomic mass is 79.9. The average molecular weight is 318 g/mol. The molecule has 0 aliphatic rings. The minimum atomic E-state index is -1.08. The molecule has 3 rings (SSSR count). The van der Waals surface area contributed by atoms with Crippen molar-refractivity contribution >= 4 is 32.8 Å². The fourth-order valence-corrected chi connectivity index (χ4v) is 2.28. The van der Waals surface area contributed by atoms with E-state index in [1.165, 1.54) is 6.07 Å². The lowest BCUT2D eigenvalue weighted by Gasteiger charge is -2.03. The third-order valence-electron chi connectivity index (χ3n) is 2.76. The molecular weight excluding hydrogens is 310 g/mol. The van der Waals surface area contributed by atoms with Crippen LogP contribution in [0.4, 0.5) is 0 Å². The van der Waals surface area contributed by atoms with Crippen LogP contribution in [0.1, 0.15) is 10.6 Å². The van der Waals surface area contributed by atoms with Crippen molar-refractivity contribution < 1.29 is 14.3 Å². The molecule has 0 amide bonds. The normalized spacial score (nSPS) is 10.8. The summed E-state index contributed by atoms with van der Waals surface area (Å²) in [4.78, 5) is 15.2. The van der Waals surface area contributed by atoms with E-state index in [2.05, 4.69) is 20.9 Å². The number of carboxylic acids is 1. The Labute approximate surface area is 116 Å². The monoisotopic (exact) mass is 317 g/mol. The van der Waals surface area contributed by atoms with Crippen molar-refractivity contribution in [2.45, 2.75) is 0 Å². The molecule has 0 fully saturated rings. The van der Waals surface area contributed by atoms with E-state index in [1.807, 2.05) is 24.3 Å². The molecule has 2 heterocycles. The van der Waals surface area contributed by atoms with E-state index in [0.717, 1.165) is 20.9 Å². The van der Waals surface area contributed by atoms with Gasteiger partial charge >= 0.3 is 5.97 Å². The summed E-state index contributed by atoms with van der Waals surface area (Å²) in [7, 11) is 0. The Balaban J connectivity index is 2.21. The molecule has 3 aromatic rings. The molecule has 1 aromatic carbocycles. The van der Waals surface area contributed by atoms with Gasteiger partial charge in [0.2, 0.25) is 5.76 Å². The van der Waals surface area contributed by atoms with Gasteiger partial charge in [-0.2, -0.15) is 0 Å². The minimum absolute atomic E-state index is 0.0795. The summed E-state index contributed by atoms with van der Waals surface area (Å²) < 4.78 is 6.21. The fourth-order valence-electron chi connectivity index (χ4n) is 1.93. The van der Waals surface area contributed by atoms with Crippen molar-refractivity contribution in [3.63, 3.8) is 0 Å². The summed E-state index contributed by atoms with van der Waals surface area (Å²) in [6.07, 6.45) is 1.70. The van der Waals surface area contributed by atoms with Crippen LogP contribution in [0, 0.1) is 0 Å². The number of furan rings is 1. The molecule has 94 valence electrons. The number of aromatic carboxylic acids is 1. The number of carboxylic acid groups (broad SMARTS) is 1. The number of halogens is 1. The largest absolute Gasteiger partial charge is 0.475 e. The van der Waals surface area contributed by atoms with Crippen LogP contribution < -0.4 is 0 Å². The van der Waals surface area contributed by atoms with Crippen LogP contribution in [-0.2, 0) is 0 Å². The lowest BCUT2D eigenvalue weighted by atomic mass is 10.1. The van der Waals surface area contributed by atoms with E-state index in [-0.39, 0.29) is 5.76 Å². The smallest absolute Gasteiger partial charge is 0.371 e. The number of fused-ring (bicyclic) bond motifs is 1. The Kier molecular flexibility index (Phi) is 2.83. The summed E-state index contributed by atoms with van der Waals surface area (Å²) in [5.41, 5.74) is 1.55. The first-order chi connectivity index (χ1) is 9.15. The van der Waals surface area contributed by atoms with Crippen LogP contribution in [0.5, 0.6) is 0 Å². The average Bonchev–Trinajstić information content (AvgIpc) is 2.87. The second kappa shape index (κ2) is 4.51. The zero-order valence-corrected chi connectivity index (χ0v) is 11.2. The van der Waals surface area contributed by atoms with E-state index >= 15 is 0 Å². The van der Waals surface area contributed by atoms with Crippen LogP contribution in [0.25, 0.3) is 22.2 Å². The molecule has 0 atom stereocenters. The Hall–Kier alpha value is -2.14. The number of hydrogen-bond acceptors (Lipinski definition) is 3. The summed E-state index contributed by atoms with van der Waals surface area (Å²) in [6, 6.07) is 10.7. The number of hydrogen-bond donors (Lipinski definition) is 1. The molecular formula is C14H8BrNO3. The second-order valence-corrected chi connectivity index (χ2v) is 4.92. The molecule has 0 saturated heterocycles. The Morgan fingerprint density at radius 1 is 1.26 bits per heavy atom. The number of pyridine rings is 1. The number of carbonyl (C=O) groups is 1. The lowest BCUT2D eigenvalue weighted by Crippen LogP contribution is -1.91. The van der Waals surface area contributed by atoms with Gasteiger partial charge in [0.1, 0.15) is 5.76 Å². The van der Waals surface area contributed by atoms with Crippen LogP contribution in [-0.4, -0.2) is 16.1 Å². The van der Waals surface area contributed by atoms with Crippen molar-refractivity contribution in [1.82, 2.24) is 4.98 Å². The maximum atomic E-state index is 10.8. The Morgan fingerprint density at radius 3 is 2.84 bits per heavy atom. The highest BCUT2D eigenvalue weighted by molar-refractivity contribution is 9.10. The van der Waals surface area contributed by atoms with Gasteiger partial charge < -0.3 is 9.52 Å². The van der Waals surface area contributed by atoms with Gasteiger partial charge in [0.25, 0.3) is 0 Å². The number of nitrogens with zero attached hydrogens (tertiary/aromatic N) is 1. The number of para-hydroxylation sites is 1. The molecule has 0 saturated carbocycles. The highest BCUT2D eigenvalue weighted by Gasteiger charge is 2.13. The Bertz CT molecular complexity index is 779. The number of aromatic nitrogens is 1. The maximum absolute atomic E-state index is 10.8. The summed E-state index contributed by atoms with van der Waals surface area (Å²) in [5.74, 6) is -0.663. The van der Waals surface area contributed by atoms with Gasteiger partial charge in [-0.15, -0.1) is 0 Å². The van der Waals surface area contributed by atoms with Gasteiger partial charge in [0, 0.05) is 21.6 Å². The standard InChI is InChI=1S/C14H8BrNO3/c15-9-6-8-2-1-3-10(13(8)16-7-9)11-4-5-12(19-11)14(17)18/h1-7H,(H,17,18). The van der Waals surface area contributed by atoms with E-state index in [1.54, 1.807) is 12.3 Å². The fraction of sp³-hybridized carbons (Fsp3) is 0. The molecule has 4 nitrogen and oxygen atoms in total. The van der Waals surface area contributed by atoms with Crippen LogP contribution >= 0.6 is 15.9 Å². The minimum Gasteiger partial charge on any atom is -0.475 e. The summed E-state index contributed by atoms with van der Waals surface area (Å²) >= 11 is 3.37. The molecule has 0 unspecified atom stereocenters. The zero-order chi connectivity index (χ0) is 13.4. The van der Waals surface area contributed by atoms with Gasteiger partial charge in [0.15, 0.2) is 0 Å². The first kappa shape index (κ1) is 11.9. The van der Waals surface area contributed by atoms with Gasteiger partial charge in [-0.25, -0.2) is 4.79 Å². The van der Waals surface area contributed by atoms with Gasteiger partial charge in [-0.3, -0.25) is 4.98 Å².